The number of nitrogens with one attached hydrogen (secondary N) is 1. The molecular formula is C9H10BrClN2O. The Morgan fingerprint density at radius 1 is 1.64 bits per heavy atom. The summed E-state index contributed by atoms with van der Waals surface area (Å²) < 4.78 is 6.29. The van der Waals surface area contributed by atoms with E-state index in [1.807, 2.05) is 6.07 Å². The lowest BCUT2D eigenvalue weighted by Gasteiger charge is -2.24. The van der Waals surface area contributed by atoms with Gasteiger partial charge in [0, 0.05) is 17.2 Å². The number of aromatic nitrogens is 1. The van der Waals surface area contributed by atoms with Gasteiger partial charge in [-0.3, -0.25) is 4.98 Å². The Kier molecular flexibility index (Phi) is 3.38. The molecule has 0 radical (unpaired) electrons. The molecule has 2 rings (SSSR count). The molecule has 0 aromatic carbocycles. The third-order valence-electron chi connectivity index (χ3n) is 2.09. The first-order valence-electron chi connectivity index (χ1n) is 4.39. The molecule has 1 aliphatic rings. The molecule has 0 amide bonds. The van der Waals surface area contributed by atoms with Crippen molar-refractivity contribution >= 4 is 27.5 Å². The highest BCUT2D eigenvalue weighted by Crippen LogP contribution is 2.25. The number of ether oxygens (including phenoxy) is 1. The van der Waals surface area contributed by atoms with Gasteiger partial charge in [-0.2, -0.15) is 0 Å². The quantitative estimate of drug-likeness (QED) is 0.854. The molecule has 0 spiro atoms. The molecular weight excluding hydrogens is 267 g/mol. The highest BCUT2D eigenvalue weighted by Gasteiger charge is 2.18. The Hall–Kier alpha value is -0.160. The van der Waals surface area contributed by atoms with Crippen molar-refractivity contribution in [3.05, 3.63) is 27.5 Å². The fourth-order valence-electron chi connectivity index (χ4n) is 1.42. The minimum atomic E-state index is 0.162. The fraction of sp³-hybridized carbons (Fsp3) is 0.444. The van der Waals surface area contributed by atoms with E-state index in [-0.39, 0.29) is 6.04 Å². The SMILES string of the molecule is Clc1cnc(C2COCCN2)c(Br)c1. The zero-order chi connectivity index (χ0) is 9.97. The number of morpholine rings is 1. The predicted octanol–water partition coefficient (Wildman–Crippen LogP) is 2.16. The first-order valence-corrected chi connectivity index (χ1v) is 5.56. The molecule has 2 heterocycles. The van der Waals surface area contributed by atoms with E-state index in [0.717, 1.165) is 23.3 Å². The van der Waals surface area contributed by atoms with Crippen molar-refractivity contribution in [3.8, 4) is 0 Å². The number of hydrogen-bond donors (Lipinski definition) is 1. The molecule has 76 valence electrons. The van der Waals surface area contributed by atoms with Crippen molar-refractivity contribution in [2.24, 2.45) is 0 Å². The average Bonchev–Trinajstić information content (AvgIpc) is 2.19. The van der Waals surface area contributed by atoms with Crippen LogP contribution in [0.15, 0.2) is 16.7 Å². The second-order valence-electron chi connectivity index (χ2n) is 3.10. The van der Waals surface area contributed by atoms with Crippen LogP contribution >= 0.6 is 27.5 Å². The van der Waals surface area contributed by atoms with Crippen LogP contribution in [0.2, 0.25) is 5.02 Å². The number of pyridine rings is 1. The highest BCUT2D eigenvalue weighted by molar-refractivity contribution is 9.10. The minimum Gasteiger partial charge on any atom is -0.378 e. The van der Waals surface area contributed by atoms with E-state index < -0.39 is 0 Å². The van der Waals surface area contributed by atoms with E-state index in [4.69, 9.17) is 16.3 Å². The molecule has 0 saturated carbocycles. The van der Waals surface area contributed by atoms with E-state index in [2.05, 4.69) is 26.2 Å². The summed E-state index contributed by atoms with van der Waals surface area (Å²) in [7, 11) is 0. The van der Waals surface area contributed by atoms with Gasteiger partial charge in [-0.1, -0.05) is 11.6 Å². The molecule has 1 saturated heterocycles. The molecule has 1 unspecified atom stereocenters. The van der Waals surface area contributed by atoms with Crippen LogP contribution in [-0.2, 0) is 4.74 Å². The first-order chi connectivity index (χ1) is 6.77. The van der Waals surface area contributed by atoms with Crippen LogP contribution in [0.1, 0.15) is 11.7 Å². The molecule has 0 bridgehead atoms. The molecule has 5 heteroatoms. The van der Waals surface area contributed by atoms with Gasteiger partial charge in [-0.15, -0.1) is 0 Å². The molecule has 1 aromatic rings. The van der Waals surface area contributed by atoms with Gasteiger partial charge in [-0.25, -0.2) is 0 Å². The van der Waals surface area contributed by atoms with Gasteiger partial charge in [0.05, 0.1) is 30.0 Å². The van der Waals surface area contributed by atoms with Crippen molar-refractivity contribution in [3.63, 3.8) is 0 Å². The molecule has 0 aliphatic carbocycles. The summed E-state index contributed by atoms with van der Waals surface area (Å²) in [5.74, 6) is 0. The fourth-order valence-corrected chi connectivity index (χ4v) is 2.34. The Balaban J connectivity index is 2.22. The molecule has 1 aromatic heterocycles. The van der Waals surface area contributed by atoms with E-state index >= 15 is 0 Å². The number of hydrogen-bond acceptors (Lipinski definition) is 3. The minimum absolute atomic E-state index is 0.162. The van der Waals surface area contributed by atoms with Crippen LogP contribution in [0, 0.1) is 0 Å². The van der Waals surface area contributed by atoms with Crippen molar-refractivity contribution in [2.75, 3.05) is 19.8 Å². The summed E-state index contributed by atoms with van der Waals surface area (Å²) in [5.41, 5.74) is 0.953. The van der Waals surface area contributed by atoms with Crippen LogP contribution in [0.3, 0.4) is 0 Å². The van der Waals surface area contributed by atoms with Crippen molar-refractivity contribution in [1.82, 2.24) is 10.3 Å². The monoisotopic (exact) mass is 276 g/mol. The van der Waals surface area contributed by atoms with Crippen LogP contribution in [0.25, 0.3) is 0 Å². The lowest BCUT2D eigenvalue weighted by atomic mass is 10.2. The smallest absolute Gasteiger partial charge is 0.0745 e. The van der Waals surface area contributed by atoms with Gasteiger partial charge in [0.2, 0.25) is 0 Å². The van der Waals surface area contributed by atoms with Gasteiger partial charge in [0.25, 0.3) is 0 Å². The van der Waals surface area contributed by atoms with E-state index in [1.165, 1.54) is 0 Å². The number of rotatable bonds is 1. The molecule has 14 heavy (non-hydrogen) atoms. The van der Waals surface area contributed by atoms with E-state index in [9.17, 15) is 0 Å². The second-order valence-corrected chi connectivity index (χ2v) is 4.39. The molecule has 1 fully saturated rings. The Bertz CT molecular complexity index is 329. The van der Waals surface area contributed by atoms with Crippen molar-refractivity contribution < 1.29 is 4.74 Å². The van der Waals surface area contributed by atoms with Gasteiger partial charge in [0.15, 0.2) is 0 Å². The lowest BCUT2D eigenvalue weighted by molar-refractivity contribution is 0.0754. The summed E-state index contributed by atoms with van der Waals surface area (Å²) in [6.45, 7) is 2.29. The second kappa shape index (κ2) is 4.57. The zero-order valence-electron chi connectivity index (χ0n) is 7.46. The number of halogens is 2. The maximum Gasteiger partial charge on any atom is 0.0745 e. The largest absolute Gasteiger partial charge is 0.378 e. The zero-order valence-corrected chi connectivity index (χ0v) is 9.81. The summed E-state index contributed by atoms with van der Waals surface area (Å²) in [6.07, 6.45) is 1.65. The maximum atomic E-state index is 5.81. The van der Waals surface area contributed by atoms with Crippen molar-refractivity contribution in [2.45, 2.75) is 6.04 Å². The summed E-state index contributed by atoms with van der Waals surface area (Å²) >= 11 is 9.25. The third-order valence-corrected chi connectivity index (χ3v) is 2.93. The van der Waals surface area contributed by atoms with Crippen molar-refractivity contribution in [1.29, 1.82) is 0 Å². The van der Waals surface area contributed by atoms with E-state index in [1.54, 1.807) is 6.20 Å². The molecule has 1 aliphatic heterocycles. The molecule has 1 N–H and O–H groups in total. The Morgan fingerprint density at radius 3 is 3.14 bits per heavy atom. The van der Waals surface area contributed by atoms with Gasteiger partial charge in [-0.05, 0) is 22.0 Å². The summed E-state index contributed by atoms with van der Waals surface area (Å²) in [6, 6.07) is 2.01. The Morgan fingerprint density at radius 2 is 2.50 bits per heavy atom. The molecule has 1 atom stereocenters. The topological polar surface area (TPSA) is 34.1 Å². The average molecular weight is 278 g/mol. The van der Waals surface area contributed by atoms with Crippen LogP contribution < -0.4 is 5.32 Å². The van der Waals surface area contributed by atoms with Crippen LogP contribution in [-0.4, -0.2) is 24.7 Å². The van der Waals surface area contributed by atoms with Crippen LogP contribution in [0.4, 0.5) is 0 Å². The van der Waals surface area contributed by atoms with Crippen LogP contribution in [0.5, 0.6) is 0 Å². The molecule has 3 nitrogen and oxygen atoms in total. The standard InChI is InChI=1S/C9H10BrClN2O/c10-7-3-6(11)4-13-9(7)8-5-14-2-1-12-8/h3-4,8,12H,1-2,5H2. The Labute approximate surface area is 95.9 Å². The lowest BCUT2D eigenvalue weighted by Crippen LogP contribution is -2.35. The number of nitrogens with zero attached hydrogens (tertiary/aromatic N) is 1. The third kappa shape index (κ3) is 2.25. The van der Waals surface area contributed by atoms with Gasteiger partial charge < -0.3 is 10.1 Å². The summed E-state index contributed by atoms with van der Waals surface area (Å²) in [5, 5.41) is 3.97. The highest BCUT2D eigenvalue weighted by atomic mass is 79.9. The predicted molar refractivity (Wildman–Crippen MR) is 58.5 cm³/mol. The normalized spacial score (nSPS) is 22.3. The first kappa shape index (κ1) is 10.4. The van der Waals surface area contributed by atoms with Gasteiger partial charge >= 0.3 is 0 Å². The summed E-state index contributed by atoms with van der Waals surface area (Å²) in [4.78, 5) is 4.28. The van der Waals surface area contributed by atoms with E-state index in [0.29, 0.717) is 11.6 Å². The maximum absolute atomic E-state index is 5.81. The van der Waals surface area contributed by atoms with Gasteiger partial charge in [0.1, 0.15) is 0 Å².